The lowest BCUT2D eigenvalue weighted by Crippen LogP contribution is -2.55. The number of halogens is 4. The summed E-state index contributed by atoms with van der Waals surface area (Å²) in [6.07, 6.45) is 7.85. The van der Waals surface area contributed by atoms with Gasteiger partial charge in [-0.25, -0.2) is 0 Å². The number of ether oxygens (including phenoxy) is 2. The largest absolute Gasteiger partial charge is 0.457 e. The molecule has 0 radical (unpaired) electrons. The van der Waals surface area contributed by atoms with Gasteiger partial charge in [-0.15, -0.1) is 0 Å². The summed E-state index contributed by atoms with van der Waals surface area (Å²) in [6, 6.07) is 29.9. The van der Waals surface area contributed by atoms with Gasteiger partial charge in [-0.05, 0) is 133 Å². The Kier molecular flexibility index (Phi) is 7.21. The van der Waals surface area contributed by atoms with E-state index in [-0.39, 0.29) is 10.8 Å². The number of hydrogen-bond acceptors (Lipinski definition) is 2. The van der Waals surface area contributed by atoms with E-state index in [4.69, 9.17) is 9.47 Å². The molecule has 4 aliphatic rings. The molecule has 0 aliphatic heterocycles. The highest BCUT2D eigenvalue weighted by Gasteiger charge is 2.58. The molecular formula is C34H28Br4O2. The quantitative estimate of drug-likeness (QED) is 0.194. The van der Waals surface area contributed by atoms with Crippen LogP contribution < -0.4 is 9.47 Å². The van der Waals surface area contributed by atoms with Crippen molar-refractivity contribution in [3.8, 4) is 23.0 Å². The lowest BCUT2D eigenvalue weighted by molar-refractivity contribution is -0.0281. The second-order valence-electron chi connectivity index (χ2n) is 12.0. The summed E-state index contributed by atoms with van der Waals surface area (Å²) in [5, 5.41) is 0. The van der Waals surface area contributed by atoms with Crippen LogP contribution in [0, 0.1) is 11.8 Å². The Hall–Kier alpha value is -1.60. The van der Waals surface area contributed by atoms with Gasteiger partial charge in [0.05, 0.1) is 0 Å². The van der Waals surface area contributed by atoms with E-state index in [9.17, 15) is 0 Å². The van der Waals surface area contributed by atoms with E-state index >= 15 is 0 Å². The maximum atomic E-state index is 6.19. The monoisotopic (exact) mass is 784 g/mol. The second kappa shape index (κ2) is 10.6. The predicted octanol–water partition coefficient (Wildman–Crippen LogP) is 12.1. The van der Waals surface area contributed by atoms with Gasteiger partial charge in [0.2, 0.25) is 0 Å². The van der Waals surface area contributed by atoms with Crippen molar-refractivity contribution in [2.24, 2.45) is 11.8 Å². The van der Waals surface area contributed by atoms with Crippen molar-refractivity contribution >= 4 is 63.7 Å². The highest BCUT2D eigenvalue weighted by Crippen LogP contribution is 2.66. The normalized spacial score (nSPS) is 26.6. The number of benzene rings is 4. The Morgan fingerprint density at radius 1 is 0.475 bits per heavy atom. The fourth-order valence-corrected chi connectivity index (χ4v) is 10.6. The Balaban J connectivity index is 1.13. The van der Waals surface area contributed by atoms with Crippen LogP contribution in [0.2, 0.25) is 0 Å². The molecule has 4 saturated carbocycles. The molecule has 0 amide bonds. The molecule has 4 aliphatic carbocycles. The van der Waals surface area contributed by atoms with Crippen LogP contribution in [0.3, 0.4) is 0 Å². The smallest absolute Gasteiger partial charge is 0.129 e. The number of rotatable bonds is 6. The van der Waals surface area contributed by atoms with Gasteiger partial charge in [-0.1, -0.05) is 88.0 Å². The van der Waals surface area contributed by atoms with Gasteiger partial charge in [0.15, 0.2) is 0 Å². The highest BCUT2D eigenvalue weighted by atomic mass is 79.9. The minimum absolute atomic E-state index is 0.249. The van der Waals surface area contributed by atoms with Crippen LogP contribution in [0.1, 0.15) is 49.7 Å². The summed E-state index contributed by atoms with van der Waals surface area (Å²) in [7, 11) is 0. The van der Waals surface area contributed by atoms with Gasteiger partial charge in [-0.3, -0.25) is 0 Å². The topological polar surface area (TPSA) is 18.5 Å². The van der Waals surface area contributed by atoms with Crippen LogP contribution in [0.25, 0.3) is 0 Å². The average Bonchev–Trinajstić information content (AvgIpc) is 2.87. The second-order valence-corrected chi connectivity index (χ2v) is 15.6. The molecule has 0 atom stereocenters. The molecular weight excluding hydrogens is 760 g/mol. The first-order chi connectivity index (χ1) is 19.3. The zero-order valence-electron chi connectivity index (χ0n) is 21.8. The summed E-state index contributed by atoms with van der Waals surface area (Å²) in [4.78, 5) is 0. The van der Waals surface area contributed by atoms with Crippen molar-refractivity contribution < 1.29 is 9.47 Å². The molecule has 6 heteroatoms. The van der Waals surface area contributed by atoms with Gasteiger partial charge < -0.3 is 9.47 Å². The Labute approximate surface area is 269 Å². The fraction of sp³-hybridized carbons (Fsp3) is 0.294. The molecule has 4 aromatic carbocycles. The van der Waals surface area contributed by atoms with E-state index in [1.54, 1.807) is 0 Å². The van der Waals surface area contributed by atoms with Crippen LogP contribution >= 0.6 is 63.7 Å². The molecule has 0 spiro atoms. The van der Waals surface area contributed by atoms with Gasteiger partial charge in [0.25, 0.3) is 0 Å². The zero-order chi connectivity index (χ0) is 27.5. The van der Waals surface area contributed by atoms with Crippen LogP contribution in [0.4, 0.5) is 0 Å². The van der Waals surface area contributed by atoms with Crippen LogP contribution in [0.5, 0.6) is 23.0 Å². The van der Waals surface area contributed by atoms with E-state index in [0.717, 1.165) is 52.7 Å². The minimum atomic E-state index is 0.249. The van der Waals surface area contributed by atoms with Crippen molar-refractivity contribution in [3.05, 3.63) is 114 Å². The minimum Gasteiger partial charge on any atom is -0.457 e. The highest BCUT2D eigenvalue weighted by molar-refractivity contribution is 9.11. The van der Waals surface area contributed by atoms with Gasteiger partial charge in [0, 0.05) is 17.9 Å². The van der Waals surface area contributed by atoms with Crippen molar-refractivity contribution in [2.45, 2.75) is 49.4 Å². The Morgan fingerprint density at radius 2 is 0.825 bits per heavy atom. The first-order valence-corrected chi connectivity index (χ1v) is 16.9. The molecule has 0 saturated heterocycles. The van der Waals surface area contributed by atoms with E-state index in [2.05, 4.69) is 112 Å². The molecule has 2 nitrogen and oxygen atoms in total. The average molecular weight is 788 g/mol. The summed E-state index contributed by atoms with van der Waals surface area (Å²) >= 11 is 14.2. The molecule has 0 unspecified atom stereocenters. The molecule has 204 valence electrons. The van der Waals surface area contributed by atoms with E-state index in [1.165, 1.54) is 49.7 Å². The SMILES string of the molecule is Brc1cc(Br)cc(Oc2ccc(C34CC5CC(C3)CC(c3ccc(Oc6cc(Br)cc(Br)c6)cc3)(C5)C4)cc2)c1. The molecule has 4 bridgehead atoms. The first kappa shape index (κ1) is 27.2. The lowest BCUT2D eigenvalue weighted by Gasteiger charge is -2.62. The molecule has 40 heavy (non-hydrogen) atoms. The van der Waals surface area contributed by atoms with Gasteiger partial charge >= 0.3 is 0 Å². The molecule has 4 aromatic rings. The molecule has 0 heterocycles. The summed E-state index contributed by atoms with van der Waals surface area (Å²) in [5.74, 6) is 4.99. The van der Waals surface area contributed by atoms with E-state index in [0.29, 0.717) is 0 Å². The maximum absolute atomic E-state index is 6.19. The standard InChI is InChI=1S/C34H28Br4O2/c35-25-10-26(36)13-31(12-25)39-29-5-1-23(2-6-29)33-16-21-9-22(17-33)19-34(18-21,20-33)24-3-7-30(8-4-24)40-32-14-27(37)11-28(38)15-32/h1-8,10-15,21-22H,9,16-20H2. The van der Waals surface area contributed by atoms with E-state index in [1.807, 2.05) is 36.4 Å². The van der Waals surface area contributed by atoms with Crippen molar-refractivity contribution in [3.63, 3.8) is 0 Å². The molecule has 0 aromatic heterocycles. The van der Waals surface area contributed by atoms with Crippen molar-refractivity contribution in [2.75, 3.05) is 0 Å². The number of hydrogen-bond donors (Lipinski definition) is 0. The van der Waals surface area contributed by atoms with Crippen molar-refractivity contribution in [1.29, 1.82) is 0 Å². The zero-order valence-corrected chi connectivity index (χ0v) is 28.2. The first-order valence-electron chi connectivity index (χ1n) is 13.8. The fourth-order valence-electron chi connectivity index (χ4n) is 8.14. The third-order valence-electron chi connectivity index (χ3n) is 9.14. The third-order valence-corrected chi connectivity index (χ3v) is 11.0. The third kappa shape index (κ3) is 5.34. The maximum Gasteiger partial charge on any atom is 0.129 e. The van der Waals surface area contributed by atoms with Gasteiger partial charge in [0.1, 0.15) is 23.0 Å². The predicted molar refractivity (Wildman–Crippen MR) is 175 cm³/mol. The Bertz CT molecular complexity index is 1390. The molecule has 8 rings (SSSR count). The lowest BCUT2D eigenvalue weighted by atomic mass is 9.42. The summed E-state index contributed by atoms with van der Waals surface area (Å²) in [5.41, 5.74) is 3.46. The van der Waals surface area contributed by atoms with Crippen LogP contribution in [0.15, 0.2) is 103 Å². The van der Waals surface area contributed by atoms with Gasteiger partial charge in [-0.2, -0.15) is 0 Å². The summed E-state index contributed by atoms with van der Waals surface area (Å²) < 4.78 is 16.4. The molecule has 4 fully saturated rings. The van der Waals surface area contributed by atoms with E-state index < -0.39 is 0 Å². The Morgan fingerprint density at radius 3 is 1.18 bits per heavy atom. The van der Waals surface area contributed by atoms with Crippen LogP contribution in [-0.4, -0.2) is 0 Å². The van der Waals surface area contributed by atoms with Crippen molar-refractivity contribution in [1.82, 2.24) is 0 Å². The summed E-state index contributed by atoms with van der Waals surface area (Å²) in [6.45, 7) is 0. The molecule has 0 N–H and O–H groups in total. The van der Waals surface area contributed by atoms with Crippen LogP contribution in [-0.2, 0) is 10.8 Å².